The Morgan fingerprint density at radius 3 is 2.68 bits per heavy atom. The second-order valence-corrected chi connectivity index (χ2v) is 6.31. The van der Waals surface area contributed by atoms with E-state index in [4.69, 9.17) is 9.47 Å². The number of hydrogen-bond acceptors (Lipinski definition) is 3. The van der Waals surface area contributed by atoms with E-state index >= 15 is 0 Å². The number of nitrogens with zero attached hydrogens (tertiary/aromatic N) is 1. The average Bonchev–Trinajstić information content (AvgIpc) is 2.55. The zero-order chi connectivity index (χ0) is 15.2. The van der Waals surface area contributed by atoms with Crippen molar-refractivity contribution in [3.05, 3.63) is 64.6 Å². The minimum atomic E-state index is 0.115. The van der Waals surface area contributed by atoms with Crippen molar-refractivity contribution in [1.82, 2.24) is 4.90 Å². The normalized spacial score (nSPS) is 19.0. The first-order valence-electron chi connectivity index (χ1n) is 7.56. The smallest absolute Gasteiger partial charge is 0.133 e. The highest BCUT2D eigenvalue weighted by atomic mass is 79.9. The van der Waals surface area contributed by atoms with E-state index in [1.807, 2.05) is 24.3 Å². The van der Waals surface area contributed by atoms with E-state index in [1.165, 1.54) is 5.56 Å². The molecule has 1 aliphatic heterocycles. The molecule has 0 bridgehead atoms. The van der Waals surface area contributed by atoms with Crippen LogP contribution in [0.2, 0.25) is 0 Å². The maximum atomic E-state index is 5.88. The Morgan fingerprint density at radius 1 is 1.09 bits per heavy atom. The molecule has 0 N–H and O–H groups in total. The number of benzene rings is 2. The van der Waals surface area contributed by atoms with Crippen LogP contribution in [0.1, 0.15) is 5.56 Å². The van der Waals surface area contributed by atoms with Gasteiger partial charge in [-0.15, -0.1) is 0 Å². The Balaban J connectivity index is 1.51. The lowest BCUT2D eigenvalue weighted by Crippen LogP contribution is -2.44. The third-order valence-electron chi connectivity index (χ3n) is 3.73. The van der Waals surface area contributed by atoms with Gasteiger partial charge in [-0.2, -0.15) is 0 Å². The van der Waals surface area contributed by atoms with Gasteiger partial charge in [-0.3, -0.25) is 4.90 Å². The highest BCUT2D eigenvalue weighted by molar-refractivity contribution is 9.10. The Kier molecular flexibility index (Phi) is 5.48. The minimum absolute atomic E-state index is 0.115. The molecule has 0 radical (unpaired) electrons. The van der Waals surface area contributed by atoms with Crippen LogP contribution in [0.5, 0.6) is 5.75 Å². The van der Waals surface area contributed by atoms with Gasteiger partial charge < -0.3 is 9.47 Å². The molecule has 1 aliphatic rings. The first-order chi connectivity index (χ1) is 10.8. The zero-order valence-electron chi connectivity index (χ0n) is 12.5. The highest BCUT2D eigenvalue weighted by Crippen LogP contribution is 2.24. The molecule has 0 aromatic heterocycles. The molecule has 3 rings (SSSR count). The van der Waals surface area contributed by atoms with Gasteiger partial charge in [0.15, 0.2) is 0 Å². The molecule has 0 spiro atoms. The Bertz CT molecular complexity index is 591. The molecule has 2 aromatic rings. The number of hydrogen-bond donors (Lipinski definition) is 0. The van der Waals surface area contributed by atoms with Crippen molar-refractivity contribution in [2.75, 3.05) is 26.3 Å². The molecule has 3 nitrogen and oxygen atoms in total. The van der Waals surface area contributed by atoms with Crippen molar-refractivity contribution in [3.63, 3.8) is 0 Å². The predicted molar refractivity (Wildman–Crippen MR) is 91.1 cm³/mol. The lowest BCUT2D eigenvalue weighted by atomic mass is 10.2. The van der Waals surface area contributed by atoms with E-state index in [9.17, 15) is 0 Å². The van der Waals surface area contributed by atoms with Crippen molar-refractivity contribution in [2.24, 2.45) is 0 Å². The van der Waals surface area contributed by atoms with Crippen LogP contribution in [0.3, 0.4) is 0 Å². The molecule has 116 valence electrons. The molecule has 0 unspecified atom stereocenters. The summed E-state index contributed by atoms with van der Waals surface area (Å²) in [5, 5.41) is 0. The first-order valence-corrected chi connectivity index (χ1v) is 8.36. The Morgan fingerprint density at radius 2 is 1.86 bits per heavy atom. The third kappa shape index (κ3) is 4.32. The largest absolute Gasteiger partial charge is 0.490 e. The molecule has 22 heavy (non-hydrogen) atoms. The average molecular weight is 362 g/mol. The fourth-order valence-corrected chi connectivity index (χ4v) is 3.01. The fourth-order valence-electron chi connectivity index (χ4n) is 2.61. The Labute approximate surface area is 140 Å². The van der Waals surface area contributed by atoms with E-state index < -0.39 is 0 Å². The lowest BCUT2D eigenvalue weighted by molar-refractivity contribution is -0.0505. The molecule has 1 fully saturated rings. The lowest BCUT2D eigenvalue weighted by Gasteiger charge is -2.32. The van der Waals surface area contributed by atoms with Crippen molar-refractivity contribution >= 4 is 15.9 Å². The number of halogens is 1. The van der Waals surface area contributed by atoms with Gasteiger partial charge in [0, 0.05) is 19.6 Å². The van der Waals surface area contributed by atoms with Crippen LogP contribution in [0.25, 0.3) is 0 Å². The molecule has 0 saturated carbocycles. The van der Waals surface area contributed by atoms with Crippen molar-refractivity contribution in [2.45, 2.75) is 12.6 Å². The van der Waals surface area contributed by atoms with Crippen LogP contribution >= 0.6 is 15.9 Å². The summed E-state index contributed by atoms with van der Waals surface area (Å²) in [5.74, 6) is 0.867. The maximum absolute atomic E-state index is 5.88. The van der Waals surface area contributed by atoms with Gasteiger partial charge in [-0.25, -0.2) is 0 Å². The van der Waals surface area contributed by atoms with Crippen molar-refractivity contribution in [3.8, 4) is 5.75 Å². The molecular formula is C18H20BrNO2. The van der Waals surface area contributed by atoms with E-state index in [-0.39, 0.29) is 6.10 Å². The second kappa shape index (κ2) is 7.77. The summed E-state index contributed by atoms with van der Waals surface area (Å²) in [6, 6.07) is 18.5. The van der Waals surface area contributed by atoms with Crippen LogP contribution in [0, 0.1) is 0 Å². The molecule has 1 heterocycles. The van der Waals surface area contributed by atoms with Gasteiger partial charge in [-0.05, 0) is 33.6 Å². The van der Waals surface area contributed by atoms with E-state index in [0.29, 0.717) is 6.61 Å². The molecule has 1 atom stereocenters. The fraction of sp³-hybridized carbons (Fsp3) is 0.333. The number of ether oxygens (including phenoxy) is 2. The SMILES string of the molecule is Brc1ccccc1OC[C@H]1CN(Cc2ccccc2)CCO1. The molecule has 0 amide bonds. The number of rotatable bonds is 5. The van der Waals surface area contributed by atoms with Gasteiger partial charge in [0.05, 0.1) is 11.1 Å². The van der Waals surface area contributed by atoms with Gasteiger partial charge >= 0.3 is 0 Å². The monoisotopic (exact) mass is 361 g/mol. The molecule has 0 aliphatic carbocycles. The summed E-state index contributed by atoms with van der Waals surface area (Å²) >= 11 is 3.50. The summed E-state index contributed by atoms with van der Waals surface area (Å²) in [5.41, 5.74) is 1.34. The van der Waals surface area contributed by atoms with Gasteiger partial charge in [-0.1, -0.05) is 42.5 Å². The molecular weight excluding hydrogens is 342 g/mol. The van der Waals surface area contributed by atoms with Crippen LogP contribution in [-0.2, 0) is 11.3 Å². The van der Waals surface area contributed by atoms with Crippen molar-refractivity contribution < 1.29 is 9.47 Å². The van der Waals surface area contributed by atoms with Crippen molar-refractivity contribution in [1.29, 1.82) is 0 Å². The maximum Gasteiger partial charge on any atom is 0.133 e. The number of para-hydroxylation sites is 1. The molecule has 1 saturated heterocycles. The second-order valence-electron chi connectivity index (χ2n) is 5.45. The third-order valence-corrected chi connectivity index (χ3v) is 4.39. The molecule has 2 aromatic carbocycles. The van der Waals surface area contributed by atoms with Gasteiger partial charge in [0.2, 0.25) is 0 Å². The topological polar surface area (TPSA) is 21.7 Å². The summed E-state index contributed by atoms with van der Waals surface area (Å²) in [6.07, 6.45) is 0.115. The van der Waals surface area contributed by atoms with Crippen LogP contribution in [0.4, 0.5) is 0 Å². The first kappa shape index (κ1) is 15.5. The van der Waals surface area contributed by atoms with E-state index in [1.54, 1.807) is 0 Å². The summed E-state index contributed by atoms with van der Waals surface area (Å²) in [6.45, 7) is 4.18. The van der Waals surface area contributed by atoms with Crippen LogP contribution < -0.4 is 4.74 Å². The van der Waals surface area contributed by atoms with Gasteiger partial charge in [0.25, 0.3) is 0 Å². The van der Waals surface area contributed by atoms with E-state index in [0.717, 1.165) is 36.5 Å². The minimum Gasteiger partial charge on any atom is -0.490 e. The zero-order valence-corrected chi connectivity index (χ0v) is 14.0. The summed E-state index contributed by atoms with van der Waals surface area (Å²) < 4.78 is 12.7. The van der Waals surface area contributed by atoms with Crippen LogP contribution in [0.15, 0.2) is 59.1 Å². The molecule has 4 heteroatoms. The quantitative estimate of drug-likeness (QED) is 0.809. The highest BCUT2D eigenvalue weighted by Gasteiger charge is 2.21. The summed E-state index contributed by atoms with van der Waals surface area (Å²) in [4.78, 5) is 2.42. The predicted octanol–water partition coefficient (Wildman–Crippen LogP) is 3.73. The van der Waals surface area contributed by atoms with E-state index in [2.05, 4.69) is 51.2 Å². The number of morpholine rings is 1. The summed E-state index contributed by atoms with van der Waals surface area (Å²) in [7, 11) is 0. The Hall–Kier alpha value is -1.36. The standard InChI is InChI=1S/C18H20BrNO2/c19-17-8-4-5-9-18(17)22-14-16-13-20(10-11-21-16)12-15-6-2-1-3-7-15/h1-9,16H,10-14H2/t16-/m1/s1. The van der Waals surface area contributed by atoms with Crippen LogP contribution in [-0.4, -0.2) is 37.3 Å². The van der Waals surface area contributed by atoms with Gasteiger partial charge in [0.1, 0.15) is 18.5 Å².